The summed E-state index contributed by atoms with van der Waals surface area (Å²) in [4.78, 5) is 39.4. The molecule has 0 aliphatic carbocycles. The first-order valence-electron chi connectivity index (χ1n) is 12.8. The molecule has 0 saturated carbocycles. The van der Waals surface area contributed by atoms with Gasteiger partial charge in [-0.25, -0.2) is 8.78 Å². The Bertz CT molecular complexity index is 1340. The van der Waals surface area contributed by atoms with Gasteiger partial charge >= 0.3 is 0 Å². The number of benzene rings is 3. The van der Waals surface area contributed by atoms with Crippen molar-refractivity contribution in [2.45, 2.75) is 38.8 Å². The maximum Gasteiger partial charge on any atom is 0.242 e. The van der Waals surface area contributed by atoms with Crippen LogP contribution in [0.1, 0.15) is 30.9 Å². The summed E-state index contributed by atoms with van der Waals surface area (Å²) in [6.07, 6.45) is 6.15. The number of hydrogen-bond donors (Lipinski definition) is 2. The van der Waals surface area contributed by atoms with Crippen LogP contribution in [0.3, 0.4) is 0 Å². The van der Waals surface area contributed by atoms with E-state index in [0.717, 1.165) is 17.7 Å². The van der Waals surface area contributed by atoms with Gasteiger partial charge in [-0.15, -0.1) is 12.3 Å². The number of amides is 3. The standard InChI is InChI=1S/C31H31F2N3O4/c1-3-4-8-14-36(21-23-10-9-13-28(17-23)40-27-11-6-5-7-12-27)30(38)20-34-31(39)22(2)35-29(37)18-24-15-25(32)19-26(33)16-24/h1,5-7,9-13,15-17,19,22H,4,8,14,18,20-21H2,2H3,(H,34,39)(H,35,37)/t22-/m0/s1. The normalized spacial score (nSPS) is 11.2. The molecule has 0 radical (unpaired) electrons. The van der Waals surface area contributed by atoms with Crippen molar-refractivity contribution in [3.8, 4) is 23.8 Å². The van der Waals surface area contributed by atoms with Crippen LogP contribution < -0.4 is 15.4 Å². The third-order valence-corrected chi connectivity index (χ3v) is 5.82. The molecular weight excluding hydrogens is 516 g/mol. The number of carbonyl (C=O) groups excluding carboxylic acids is 3. The Morgan fingerprint density at radius 2 is 1.65 bits per heavy atom. The molecule has 9 heteroatoms. The number of rotatable bonds is 13. The number of hydrogen-bond acceptors (Lipinski definition) is 4. The Morgan fingerprint density at radius 1 is 0.950 bits per heavy atom. The highest BCUT2D eigenvalue weighted by Gasteiger charge is 2.20. The molecule has 0 saturated heterocycles. The van der Waals surface area contributed by atoms with Gasteiger partial charge in [0.2, 0.25) is 17.7 Å². The molecule has 0 spiro atoms. The van der Waals surface area contributed by atoms with Crippen LogP contribution in [0, 0.1) is 24.0 Å². The summed E-state index contributed by atoms with van der Waals surface area (Å²) < 4.78 is 32.6. The second kappa shape index (κ2) is 15.0. The highest BCUT2D eigenvalue weighted by Crippen LogP contribution is 2.22. The number of ether oxygens (including phenoxy) is 1. The lowest BCUT2D eigenvalue weighted by atomic mass is 10.1. The minimum atomic E-state index is -0.972. The Morgan fingerprint density at radius 3 is 2.35 bits per heavy atom. The molecule has 0 heterocycles. The Kier molecular flexibility index (Phi) is 11.2. The maximum absolute atomic E-state index is 13.4. The van der Waals surface area contributed by atoms with Crippen LogP contribution in [0.15, 0.2) is 72.8 Å². The number of para-hydroxylation sites is 1. The first-order valence-corrected chi connectivity index (χ1v) is 12.8. The summed E-state index contributed by atoms with van der Waals surface area (Å²) in [6.45, 7) is 1.83. The third-order valence-electron chi connectivity index (χ3n) is 5.82. The second-order valence-corrected chi connectivity index (χ2v) is 9.15. The highest BCUT2D eigenvalue weighted by molar-refractivity contribution is 5.90. The van der Waals surface area contributed by atoms with E-state index in [-0.39, 0.29) is 31.0 Å². The van der Waals surface area contributed by atoms with Crippen LogP contribution >= 0.6 is 0 Å². The molecule has 1 atom stereocenters. The fourth-order valence-electron chi connectivity index (χ4n) is 3.90. The van der Waals surface area contributed by atoms with Crippen LogP contribution in [0.4, 0.5) is 8.78 Å². The monoisotopic (exact) mass is 547 g/mol. The lowest BCUT2D eigenvalue weighted by Gasteiger charge is -2.23. The first kappa shape index (κ1) is 29.8. The number of halogens is 2. The molecule has 0 aliphatic heterocycles. The van der Waals surface area contributed by atoms with Crippen molar-refractivity contribution < 1.29 is 27.9 Å². The molecule has 3 amide bonds. The van der Waals surface area contributed by atoms with Crippen molar-refractivity contribution in [1.82, 2.24) is 15.5 Å². The fraction of sp³-hybridized carbons (Fsp3) is 0.258. The van der Waals surface area contributed by atoms with Gasteiger partial charge in [0.15, 0.2) is 0 Å². The molecule has 208 valence electrons. The van der Waals surface area contributed by atoms with Crippen molar-refractivity contribution in [2.24, 2.45) is 0 Å². The third kappa shape index (κ3) is 9.87. The van der Waals surface area contributed by atoms with E-state index >= 15 is 0 Å². The summed E-state index contributed by atoms with van der Waals surface area (Å²) in [5.41, 5.74) is 0.974. The van der Waals surface area contributed by atoms with E-state index in [1.54, 1.807) is 4.90 Å². The molecule has 0 aromatic heterocycles. The van der Waals surface area contributed by atoms with Crippen LogP contribution in [-0.2, 0) is 27.3 Å². The quantitative estimate of drug-likeness (QED) is 0.246. The van der Waals surface area contributed by atoms with Crippen molar-refractivity contribution in [3.63, 3.8) is 0 Å². The molecule has 2 N–H and O–H groups in total. The number of nitrogens with zero attached hydrogens (tertiary/aromatic N) is 1. The van der Waals surface area contributed by atoms with Crippen LogP contribution in [0.2, 0.25) is 0 Å². The number of carbonyl (C=O) groups is 3. The zero-order valence-electron chi connectivity index (χ0n) is 22.2. The predicted molar refractivity (Wildman–Crippen MR) is 147 cm³/mol. The molecule has 0 fully saturated rings. The minimum absolute atomic E-state index is 0.138. The zero-order chi connectivity index (χ0) is 28.9. The van der Waals surface area contributed by atoms with Gasteiger partial charge in [-0.1, -0.05) is 30.3 Å². The molecule has 3 aromatic carbocycles. The maximum atomic E-state index is 13.4. The number of terminal acetylenes is 1. The molecule has 40 heavy (non-hydrogen) atoms. The van der Waals surface area contributed by atoms with E-state index in [2.05, 4.69) is 16.6 Å². The van der Waals surface area contributed by atoms with E-state index in [4.69, 9.17) is 11.2 Å². The lowest BCUT2D eigenvalue weighted by molar-refractivity contribution is -0.134. The van der Waals surface area contributed by atoms with Crippen LogP contribution in [-0.4, -0.2) is 41.8 Å². The Balaban J connectivity index is 1.55. The average molecular weight is 548 g/mol. The predicted octanol–water partition coefficient (Wildman–Crippen LogP) is 4.36. The topological polar surface area (TPSA) is 87.7 Å². The van der Waals surface area contributed by atoms with E-state index in [1.165, 1.54) is 6.92 Å². The summed E-state index contributed by atoms with van der Waals surface area (Å²) in [5.74, 6) is 0.787. The smallest absolute Gasteiger partial charge is 0.242 e. The van der Waals surface area contributed by atoms with E-state index in [9.17, 15) is 23.2 Å². The van der Waals surface area contributed by atoms with Gasteiger partial charge in [0.05, 0.1) is 13.0 Å². The molecule has 0 aliphatic rings. The highest BCUT2D eigenvalue weighted by atomic mass is 19.1. The van der Waals surface area contributed by atoms with Crippen molar-refractivity contribution in [1.29, 1.82) is 0 Å². The second-order valence-electron chi connectivity index (χ2n) is 9.15. The fourth-order valence-corrected chi connectivity index (χ4v) is 3.90. The Hall–Kier alpha value is -4.71. The van der Waals surface area contributed by atoms with Crippen molar-refractivity contribution in [3.05, 3.63) is 95.6 Å². The van der Waals surface area contributed by atoms with E-state index < -0.39 is 29.5 Å². The van der Waals surface area contributed by atoms with E-state index in [0.29, 0.717) is 37.0 Å². The zero-order valence-corrected chi connectivity index (χ0v) is 22.2. The molecule has 7 nitrogen and oxygen atoms in total. The van der Waals surface area contributed by atoms with Gasteiger partial charge in [-0.3, -0.25) is 14.4 Å². The molecule has 0 bridgehead atoms. The van der Waals surface area contributed by atoms with Crippen molar-refractivity contribution in [2.75, 3.05) is 13.1 Å². The van der Waals surface area contributed by atoms with Crippen LogP contribution in [0.5, 0.6) is 11.5 Å². The SMILES string of the molecule is C#CCCCN(Cc1cccc(Oc2ccccc2)c1)C(=O)CNC(=O)[C@H](C)NC(=O)Cc1cc(F)cc(F)c1. The van der Waals surface area contributed by atoms with Crippen molar-refractivity contribution >= 4 is 17.7 Å². The molecule has 3 rings (SSSR count). The number of unbranched alkanes of at least 4 members (excludes halogenated alkanes) is 1. The summed E-state index contributed by atoms with van der Waals surface area (Å²) in [7, 11) is 0. The van der Waals surface area contributed by atoms with Gasteiger partial charge in [0, 0.05) is 25.6 Å². The largest absolute Gasteiger partial charge is 0.457 e. The average Bonchev–Trinajstić information content (AvgIpc) is 2.91. The Labute approximate surface area is 232 Å². The van der Waals surface area contributed by atoms with Gasteiger partial charge in [-0.05, 0) is 60.9 Å². The summed E-state index contributed by atoms with van der Waals surface area (Å²) >= 11 is 0. The first-order chi connectivity index (χ1) is 19.2. The van der Waals surface area contributed by atoms with Gasteiger partial charge < -0.3 is 20.3 Å². The summed E-state index contributed by atoms with van der Waals surface area (Å²) in [6, 6.07) is 18.5. The lowest BCUT2D eigenvalue weighted by Crippen LogP contribution is -2.48. The molecule has 0 unspecified atom stereocenters. The van der Waals surface area contributed by atoms with Gasteiger partial charge in [0.25, 0.3) is 0 Å². The van der Waals surface area contributed by atoms with Gasteiger partial charge in [-0.2, -0.15) is 0 Å². The van der Waals surface area contributed by atoms with E-state index in [1.807, 2.05) is 54.6 Å². The van der Waals surface area contributed by atoms with Gasteiger partial charge in [0.1, 0.15) is 29.2 Å². The molecular formula is C31H31F2N3O4. The summed E-state index contributed by atoms with van der Waals surface area (Å²) in [5, 5.41) is 5.01. The number of nitrogens with one attached hydrogen (secondary N) is 2. The van der Waals surface area contributed by atoms with Crippen LogP contribution in [0.25, 0.3) is 0 Å². The molecule has 3 aromatic rings. The minimum Gasteiger partial charge on any atom is -0.457 e.